The molecule has 2 rings (SSSR count). The van der Waals surface area contributed by atoms with Crippen molar-refractivity contribution in [2.24, 2.45) is 7.05 Å². The molecule has 0 aliphatic heterocycles. The number of rotatable bonds is 4. The van der Waals surface area contributed by atoms with Gasteiger partial charge in [0.2, 0.25) is 0 Å². The van der Waals surface area contributed by atoms with Gasteiger partial charge in [0, 0.05) is 36.9 Å². The van der Waals surface area contributed by atoms with Gasteiger partial charge in [-0.15, -0.1) is 11.3 Å². The lowest BCUT2D eigenvalue weighted by molar-refractivity contribution is 0.693. The quantitative estimate of drug-likeness (QED) is 0.917. The Labute approximate surface area is 111 Å². The normalized spacial score (nSPS) is 10.6. The van der Waals surface area contributed by atoms with E-state index in [9.17, 15) is 0 Å². The molecular formula is C13H16N4S. The molecule has 2 heterocycles. The maximum Gasteiger partial charge on any atom is 0.120 e. The third-order valence-electron chi connectivity index (χ3n) is 3.04. The van der Waals surface area contributed by atoms with Crippen molar-refractivity contribution in [3.05, 3.63) is 39.1 Å². The Kier molecular flexibility index (Phi) is 3.80. The third-order valence-corrected chi connectivity index (χ3v) is 3.95. The smallest absolute Gasteiger partial charge is 0.120 e. The van der Waals surface area contributed by atoms with E-state index in [0.29, 0.717) is 5.69 Å². The Morgan fingerprint density at radius 3 is 2.78 bits per heavy atom. The highest BCUT2D eigenvalue weighted by Gasteiger charge is 2.08. The number of nitrogens with one attached hydrogen (secondary N) is 1. The molecule has 0 saturated heterocycles. The van der Waals surface area contributed by atoms with E-state index in [1.807, 2.05) is 37.7 Å². The fraction of sp³-hybridized carbons (Fsp3) is 0.385. The first-order valence-electron chi connectivity index (χ1n) is 5.79. The topological polar surface area (TPSA) is 53.6 Å². The van der Waals surface area contributed by atoms with Gasteiger partial charge >= 0.3 is 0 Å². The van der Waals surface area contributed by atoms with Crippen molar-refractivity contribution in [3.8, 4) is 6.07 Å². The fourth-order valence-electron chi connectivity index (χ4n) is 1.86. The predicted molar refractivity (Wildman–Crippen MR) is 72.3 cm³/mol. The molecule has 2 aromatic rings. The minimum absolute atomic E-state index is 0.706. The summed E-state index contributed by atoms with van der Waals surface area (Å²) in [4.78, 5) is 5.46. The summed E-state index contributed by atoms with van der Waals surface area (Å²) < 4.78 is 1.92. The zero-order valence-corrected chi connectivity index (χ0v) is 11.6. The summed E-state index contributed by atoms with van der Waals surface area (Å²) in [6.07, 6.45) is 1.91. The van der Waals surface area contributed by atoms with Crippen LogP contribution in [0.3, 0.4) is 0 Å². The van der Waals surface area contributed by atoms with Gasteiger partial charge in [-0.25, -0.2) is 4.98 Å². The molecule has 0 aliphatic rings. The van der Waals surface area contributed by atoms with Gasteiger partial charge in [0.15, 0.2) is 0 Å². The van der Waals surface area contributed by atoms with Crippen LogP contribution in [0.15, 0.2) is 12.3 Å². The lowest BCUT2D eigenvalue weighted by Crippen LogP contribution is -2.12. The molecule has 0 aromatic carbocycles. The van der Waals surface area contributed by atoms with Gasteiger partial charge < -0.3 is 9.88 Å². The van der Waals surface area contributed by atoms with Crippen LogP contribution in [0.5, 0.6) is 0 Å². The summed E-state index contributed by atoms with van der Waals surface area (Å²) >= 11 is 1.71. The van der Waals surface area contributed by atoms with Crippen LogP contribution in [0.4, 0.5) is 0 Å². The van der Waals surface area contributed by atoms with Crippen LogP contribution in [0.1, 0.15) is 26.8 Å². The maximum atomic E-state index is 8.96. The van der Waals surface area contributed by atoms with Crippen molar-refractivity contribution in [2.45, 2.75) is 26.9 Å². The Balaban J connectivity index is 1.97. The van der Waals surface area contributed by atoms with Gasteiger partial charge in [0.05, 0.1) is 5.01 Å². The monoisotopic (exact) mass is 260 g/mol. The summed E-state index contributed by atoms with van der Waals surface area (Å²) in [5.74, 6) is 0. The van der Waals surface area contributed by atoms with Crippen molar-refractivity contribution in [3.63, 3.8) is 0 Å². The number of nitrogens with zero attached hydrogens (tertiary/aromatic N) is 3. The average Bonchev–Trinajstić information content (AvgIpc) is 2.88. The van der Waals surface area contributed by atoms with Crippen LogP contribution in [0.2, 0.25) is 0 Å². The van der Waals surface area contributed by atoms with Gasteiger partial charge in [-0.3, -0.25) is 0 Å². The minimum Gasteiger partial charge on any atom is -0.340 e. The van der Waals surface area contributed by atoms with Crippen LogP contribution >= 0.6 is 11.3 Å². The molecule has 2 aromatic heterocycles. The molecular weight excluding hydrogens is 244 g/mol. The average molecular weight is 260 g/mol. The number of hydrogen-bond donors (Lipinski definition) is 1. The molecule has 18 heavy (non-hydrogen) atoms. The van der Waals surface area contributed by atoms with Crippen LogP contribution in [-0.2, 0) is 20.1 Å². The van der Waals surface area contributed by atoms with Gasteiger partial charge in [0.1, 0.15) is 11.8 Å². The largest absolute Gasteiger partial charge is 0.340 e. The van der Waals surface area contributed by atoms with E-state index in [4.69, 9.17) is 5.26 Å². The first-order valence-corrected chi connectivity index (χ1v) is 6.60. The molecule has 0 radical (unpaired) electrons. The van der Waals surface area contributed by atoms with Crippen molar-refractivity contribution < 1.29 is 0 Å². The van der Waals surface area contributed by atoms with Crippen LogP contribution in [-0.4, -0.2) is 9.55 Å². The highest BCUT2D eigenvalue weighted by Crippen LogP contribution is 2.14. The molecule has 0 bridgehead atoms. The van der Waals surface area contributed by atoms with Crippen molar-refractivity contribution in [1.82, 2.24) is 14.9 Å². The lowest BCUT2D eigenvalue weighted by Gasteiger charge is -2.03. The van der Waals surface area contributed by atoms with Gasteiger partial charge in [-0.05, 0) is 25.5 Å². The Hall–Kier alpha value is -1.64. The molecule has 0 aliphatic carbocycles. The minimum atomic E-state index is 0.706. The SMILES string of the molecule is Cc1ncc(CNCc2cc(C#N)n(C)c2C)s1. The Bertz CT molecular complexity index is 589. The zero-order chi connectivity index (χ0) is 13.1. The second kappa shape index (κ2) is 5.34. The zero-order valence-electron chi connectivity index (χ0n) is 10.8. The first-order chi connectivity index (χ1) is 8.61. The lowest BCUT2D eigenvalue weighted by atomic mass is 10.2. The number of aryl methyl sites for hydroxylation is 1. The standard InChI is InChI=1S/C13H16N4S/c1-9-11(4-12(5-14)17(9)3)6-15-7-13-8-16-10(2)18-13/h4,8,15H,6-7H2,1-3H3. The summed E-state index contributed by atoms with van der Waals surface area (Å²) in [7, 11) is 1.92. The summed E-state index contributed by atoms with van der Waals surface area (Å²) in [6.45, 7) is 5.64. The molecule has 0 amide bonds. The van der Waals surface area contributed by atoms with E-state index in [1.165, 1.54) is 10.4 Å². The molecule has 4 nitrogen and oxygen atoms in total. The molecule has 1 N–H and O–H groups in total. The number of hydrogen-bond acceptors (Lipinski definition) is 4. The van der Waals surface area contributed by atoms with Crippen LogP contribution < -0.4 is 5.32 Å². The molecule has 0 atom stereocenters. The second-order valence-electron chi connectivity index (χ2n) is 4.26. The number of thiazole rings is 1. The molecule has 0 spiro atoms. The highest BCUT2D eigenvalue weighted by atomic mass is 32.1. The van der Waals surface area contributed by atoms with E-state index < -0.39 is 0 Å². The van der Waals surface area contributed by atoms with Crippen molar-refractivity contribution in [1.29, 1.82) is 5.26 Å². The molecule has 94 valence electrons. The maximum absolute atomic E-state index is 8.96. The van der Waals surface area contributed by atoms with E-state index in [2.05, 4.69) is 16.4 Å². The van der Waals surface area contributed by atoms with Gasteiger partial charge in [0.25, 0.3) is 0 Å². The summed E-state index contributed by atoms with van der Waals surface area (Å²) in [5, 5.41) is 13.4. The third kappa shape index (κ3) is 2.61. The Morgan fingerprint density at radius 1 is 1.44 bits per heavy atom. The molecule has 0 unspecified atom stereocenters. The van der Waals surface area contributed by atoms with Gasteiger partial charge in [-0.2, -0.15) is 5.26 Å². The summed E-state index contributed by atoms with van der Waals surface area (Å²) in [5.41, 5.74) is 3.02. The van der Waals surface area contributed by atoms with E-state index in [-0.39, 0.29) is 0 Å². The first kappa shape index (κ1) is 12.8. The van der Waals surface area contributed by atoms with E-state index >= 15 is 0 Å². The summed E-state index contributed by atoms with van der Waals surface area (Å²) in [6, 6.07) is 4.14. The predicted octanol–water partition coefficient (Wildman–Crippen LogP) is 2.26. The molecule has 0 saturated carbocycles. The number of nitriles is 1. The van der Waals surface area contributed by atoms with Crippen molar-refractivity contribution >= 4 is 11.3 Å². The Morgan fingerprint density at radius 2 is 2.22 bits per heavy atom. The van der Waals surface area contributed by atoms with E-state index in [1.54, 1.807) is 11.3 Å². The molecule has 5 heteroatoms. The van der Waals surface area contributed by atoms with Crippen LogP contribution in [0, 0.1) is 25.2 Å². The highest BCUT2D eigenvalue weighted by molar-refractivity contribution is 7.11. The van der Waals surface area contributed by atoms with Gasteiger partial charge in [-0.1, -0.05) is 0 Å². The molecule has 0 fully saturated rings. The number of aromatic nitrogens is 2. The van der Waals surface area contributed by atoms with E-state index in [0.717, 1.165) is 23.8 Å². The van der Waals surface area contributed by atoms with Crippen LogP contribution in [0.25, 0.3) is 0 Å². The fourth-order valence-corrected chi connectivity index (χ4v) is 2.62. The second-order valence-corrected chi connectivity index (χ2v) is 5.58. The van der Waals surface area contributed by atoms with Crippen molar-refractivity contribution in [2.75, 3.05) is 0 Å².